The second-order valence-electron chi connectivity index (χ2n) is 5.27. The van der Waals surface area contributed by atoms with Crippen molar-refractivity contribution in [2.45, 2.75) is 78.6 Å². The predicted octanol–water partition coefficient (Wildman–Crippen LogP) is 4.72. The number of carbonyl (C=O) groups excluding carboxylic acids is 1. The average molecular weight is 242 g/mol. The van der Waals surface area contributed by atoms with Crippen LogP contribution >= 0.6 is 0 Å². The van der Waals surface area contributed by atoms with Crippen LogP contribution in [0, 0.1) is 5.92 Å². The maximum atomic E-state index is 11.2. The van der Waals surface area contributed by atoms with Gasteiger partial charge in [-0.15, -0.1) is 0 Å². The highest BCUT2D eigenvalue weighted by molar-refractivity contribution is 5.69. The van der Waals surface area contributed by atoms with E-state index >= 15 is 0 Å². The van der Waals surface area contributed by atoms with Crippen LogP contribution in [0.4, 0.5) is 0 Å². The first-order valence-corrected chi connectivity index (χ1v) is 7.32. The summed E-state index contributed by atoms with van der Waals surface area (Å²) >= 11 is 0. The Morgan fingerprint density at radius 3 is 2.18 bits per heavy atom. The average Bonchev–Trinajstić information content (AvgIpc) is 2.29. The minimum absolute atomic E-state index is 0.0216. The van der Waals surface area contributed by atoms with Gasteiger partial charge in [0.1, 0.15) is 0 Å². The van der Waals surface area contributed by atoms with Gasteiger partial charge in [0.2, 0.25) is 0 Å². The van der Waals surface area contributed by atoms with Gasteiger partial charge < -0.3 is 4.74 Å². The lowest BCUT2D eigenvalue weighted by atomic mass is 10.0. The SMILES string of the molecule is CCCOC(=O)CCCCCCCCC(C)C. The van der Waals surface area contributed by atoms with Gasteiger partial charge in [0.15, 0.2) is 0 Å². The molecule has 2 nitrogen and oxygen atoms in total. The lowest BCUT2D eigenvalue weighted by Crippen LogP contribution is -2.04. The minimum Gasteiger partial charge on any atom is -0.466 e. The van der Waals surface area contributed by atoms with Gasteiger partial charge in [0.25, 0.3) is 0 Å². The molecule has 0 aromatic carbocycles. The second-order valence-corrected chi connectivity index (χ2v) is 5.27. The van der Waals surface area contributed by atoms with E-state index in [9.17, 15) is 4.79 Å². The summed E-state index contributed by atoms with van der Waals surface area (Å²) in [6, 6.07) is 0. The number of hydrogen-bond acceptors (Lipinski definition) is 2. The van der Waals surface area contributed by atoms with Crippen LogP contribution in [0.15, 0.2) is 0 Å². The highest BCUT2D eigenvalue weighted by Crippen LogP contribution is 2.12. The van der Waals surface area contributed by atoms with Crippen LogP contribution in [0.2, 0.25) is 0 Å². The zero-order valence-electron chi connectivity index (χ0n) is 12.0. The molecule has 0 saturated carbocycles. The van der Waals surface area contributed by atoms with E-state index in [2.05, 4.69) is 13.8 Å². The largest absolute Gasteiger partial charge is 0.466 e. The van der Waals surface area contributed by atoms with Crippen molar-refractivity contribution in [1.29, 1.82) is 0 Å². The molecule has 17 heavy (non-hydrogen) atoms. The van der Waals surface area contributed by atoms with Crippen molar-refractivity contribution in [3.63, 3.8) is 0 Å². The molecule has 0 rings (SSSR count). The summed E-state index contributed by atoms with van der Waals surface area (Å²) in [7, 11) is 0. The molecule has 0 heterocycles. The van der Waals surface area contributed by atoms with Crippen molar-refractivity contribution in [3.05, 3.63) is 0 Å². The maximum absolute atomic E-state index is 11.2. The van der Waals surface area contributed by atoms with Crippen molar-refractivity contribution in [3.8, 4) is 0 Å². The molecule has 0 aromatic rings. The second kappa shape index (κ2) is 11.9. The number of unbranched alkanes of at least 4 members (excludes halogenated alkanes) is 5. The molecule has 0 atom stereocenters. The van der Waals surface area contributed by atoms with Gasteiger partial charge in [0.05, 0.1) is 6.61 Å². The lowest BCUT2D eigenvalue weighted by Gasteiger charge is -2.05. The molecular formula is C15H30O2. The molecule has 0 N–H and O–H groups in total. The number of ether oxygens (including phenoxy) is 1. The Morgan fingerprint density at radius 1 is 1.00 bits per heavy atom. The van der Waals surface area contributed by atoms with E-state index in [-0.39, 0.29) is 5.97 Å². The Balaban J connectivity index is 3.10. The van der Waals surface area contributed by atoms with E-state index in [0.29, 0.717) is 13.0 Å². The fourth-order valence-electron chi connectivity index (χ4n) is 1.82. The van der Waals surface area contributed by atoms with Gasteiger partial charge in [0, 0.05) is 6.42 Å². The van der Waals surface area contributed by atoms with Gasteiger partial charge in [-0.2, -0.15) is 0 Å². The van der Waals surface area contributed by atoms with Crippen molar-refractivity contribution < 1.29 is 9.53 Å². The predicted molar refractivity (Wildman–Crippen MR) is 73.0 cm³/mol. The molecule has 0 unspecified atom stereocenters. The third kappa shape index (κ3) is 13.4. The van der Waals surface area contributed by atoms with E-state index in [1.165, 1.54) is 38.5 Å². The maximum Gasteiger partial charge on any atom is 0.305 e. The molecule has 0 bridgehead atoms. The van der Waals surface area contributed by atoms with E-state index in [1.54, 1.807) is 0 Å². The molecule has 0 radical (unpaired) electrons. The Hall–Kier alpha value is -0.530. The van der Waals surface area contributed by atoms with Crippen molar-refractivity contribution in [2.75, 3.05) is 6.61 Å². The smallest absolute Gasteiger partial charge is 0.305 e. The molecule has 0 spiro atoms. The summed E-state index contributed by atoms with van der Waals surface area (Å²) in [5.41, 5.74) is 0. The molecule has 2 heteroatoms. The van der Waals surface area contributed by atoms with Crippen LogP contribution in [-0.4, -0.2) is 12.6 Å². The fourth-order valence-corrected chi connectivity index (χ4v) is 1.82. The third-order valence-corrected chi connectivity index (χ3v) is 2.88. The van der Waals surface area contributed by atoms with Crippen LogP contribution in [0.1, 0.15) is 78.6 Å². The number of esters is 1. The van der Waals surface area contributed by atoms with Crippen molar-refractivity contribution in [2.24, 2.45) is 5.92 Å². The summed E-state index contributed by atoms with van der Waals surface area (Å²) in [6.45, 7) is 7.16. The monoisotopic (exact) mass is 242 g/mol. The highest BCUT2D eigenvalue weighted by atomic mass is 16.5. The summed E-state index contributed by atoms with van der Waals surface area (Å²) < 4.78 is 5.02. The third-order valence-electron chi connectivity index (χ3n) is 2.88. The van der Waals surface area contributed by atoms with Gasteiger partial charge in [-0.1, -0.05) is 59.3 Å². The molecular weight excluding hydrogens is 212 g/mol. The topological polar surface area (TPSA) is 26.3 Å². The Bertz CT molecular complexity index is 176. The van der Waals surface area contributed by atoms with Crippen molar-refractivity contribution >= 4 is 5.97 Å². The molecule has 0 aliphatic rings. The molecule has 0 amide bonds. The summed E-state index contributed by atoms with van der Waals surface area (Å²) in [6.07, 6.45) is 10.3. The Labute approximate surface area is 107 Å². The van der Waals surface area contributed by atoms with Gasteiger partial charge >= 0.3 is 5.97 Å². The zero-order valence-corrected chi connectivity index (χ0v) is 12.0. The summed E-state index contributed by atoms with van der Waals surface area (Å²) in [5, 5.41) is 0. The quantitative estimate of drug-likeness (QED) is 0.387. The Morgan fingerprint density at radius 2 is 1.59 bits per heavy atom. The normalized spacial score (nSPS) is 10.8. The summed E-state index contributed by atoms with van der Waals surface area (Å²) in [4.78, 5) is 11.2. The van der Waals surface area contributed by atoms with Gasteiger partial charge in [-0.3, -0.25) is 4.79 Å². The first-order chi connectivity index (χ1) is 8.16. The summed E-state index contributed by atoms with van der Waals surface area (Å²) in [5.74, 6) is 0.815. The zero-order chi connectivity index (χ0) is 12.9. The van der Waals surface area contributed by atoms with Crippen LogP contribution in [0.3, 0.4) is 0 Å². The molecule has 0 aromatic heterocycles. The van der Waals surface area contributed by atoms with Crippen molar-refractivity contribution in [1.82, 2.24) is 0 Å². The molecule has 102 valence electrons. The molecule has 0 aliphatic heterocycles. The first-order valence-electron chi connectivity index (χ1n) is 7.32. The fraction of sp³-hybridized carbons (Fsp3) is 0.933. The van der Waals surface area contributed by atoms with Crippen LogP contribution in [0.25, 0.3) is 0 Å². The molecule has 0 fully saturated rings. The van der Waals surface area contributed by atoms with Gasteiger partial charge in [-0.05, 0) is 18.8 Å². The Kier molecular flexibility index (Phi) is 11.6. The lowest BCUT2D eigenvalue weighted by molar-refractivity contribution is -0.143. The van der Waals surface area contributed by atoms with Crippen LogP contribution in [0.5, 0.6) is 0 Å². The first kappa shape index (κ1) is 16.5. The standard InChI is InChI=1S/C15H30O2/c1-4-13-17-15(16)12-10-8-6-5-7-9-11-14(2)3/h14H,4-13H2,1-3H3. The number of hydrogen-bond donors (Lipinski definition) is 0. The molecule has 0 saturated heterocycles. The van der Waals surface area contributed by atoms with E-state index in [0.717, 1.165) is 18.8 Å². The van der Waals surface area contributed by atoms with E-state index in [4.69, 9.17) is 4.74 Å². The molecule has 0 aliphatic carbocycles. The van der Waals surface area contributed by atoms with E-state index < -0.39 is 0 Å². The van der Waals surface area contributed by atoms with Gasteiger partial charge in [-0.25, -0.2) is 0 Å². The van der Waals surface area contributed by atoms with E-state index in [1.807, 2.05) is 6.92 Å². The number of rotatable bonds is 11. The number of carbonyl (C=O) groups is 1. The van der Waals surface area contributed by atoms with Crippen LogP contribution in [-0.2, 0) is 9.53 Å². The highest BCUT2D eigenvalue weighted by Gasteiger charge is 2.01. The van der Waals surface area contributed by atoms with Crippen LogP contribution < -0.4 is 0 Å². The minimum atomic E-state index is -0.0216.